The van der Waals surface area contributed by atoms with Gasteiger partial charge in [-0.25, -0.2) is 9.67 Å². The molecule has 0 amide bonds. The Balaban J connectivity index is 1.63. The number of nitrogens with zero attached hydrogens (tertiary/aromatic N) is 4. The van der Waals surface area contributed by atoms with Crippen LogP contribution < -0.4 is 5.56 Å². The smallest absolute Gasteiger partial charge is 0.262 e. The lowest BCUT2D eigenvalue weighted by atomic mass is 10.2. The predicted molar refractivity (Wildman–Crippen MR) is 116 cm³/mol. The van der Waals surface area contributed by atoms with Crippen LogP contribution in [0.4, 0.5) is 0 Å². The van der Waals surface area contributed by atoms with E-state index in [9.17, 15) is 4.79 Å². The van der Waals surface area contributed by atoms with Crippen LogP contribution in [0.25, 0.3) is 16.6 Å². The van der Waals surface area contributed by atoms with Crippen molar-refractivity contribution < 1.29 is 4.74 Å². The highest BCUT2D eigenvalue weighted by Crippen LogP contribution is 2.25. The lowest BCUT2D eigenvalue weighted by Crippen LogP contribution is -2.28. The first-order chi connectivity index (χ1) is 14.2. The van der Waals surface area contributed by atoms with Crippen LogP contribution in [0.3, 0.4) is 0 Å². The quantitative estimate of drug-likeness (QED) is 0.342. The molecule has 0 saturated carbocycles. The SMILES string of the molecule is COC[C@@H](C)n1c(SCc2ccc(-n3cccn3)cc2)nc2ccccc2c1=O. The van der Waals surface area contributed by atoms with E-state index in [1.54, 1.807) is 29.6 Å². The normalized spacial score (nSPS) is 12.3. The Bertz CT molecular complexity index is 1150. The third kappa shape index (κ3) is 4.11. The van der Waals surface area contributed by atoms with Gasteiger partial charge in [0.15, 0.2) is 5.16 Å². The summed E-state index contributed by atoms with van der Waals surface area (Å²) in [6.45, 7) is 2.43. The molecule has 0 N–H and O–H groups in total. The molecular weight excluding hydrogens is 384 g/mol. The van der Waals surface area contributed by atoms with Crippen LogP contribution in [0.1, 0.15) is 18.5 Å². The molecule has 1 atom stereocenters. The van der Waals surface area contributed by atoms with Crippen molar-refractivity contribution in [2.24, 2.45) is 0 Å². The number of rotatable bonds is 7. The first kappa shape index (κ1) is 19.4. The second kappa shape index (κ2) is 8.63. The number of aromatic nitrogens is 4. The van der Waals surface area contributed by atoms with Crippen LogP contribution in [-0.2, 0) is 10.5 Å². The average molecular weight is 407 g/mol. The zero-order valence-electron chi connectivity index (χ0n) is 16.4. The number of methoxy groups -OCH3 is 1. The topological polar surface area (TPSA) is 61.9 Å². The first-order valence-corrected chi connectivity index (χ1v) is 10.4. The van der Waals surface area contributed by atoms with Crippen LogP contribution in [0.5, 0.6) is 0 Å². The molecule has 6 nitrogen and oxygen atoms in total. The number of ether oxygens (including phenoxy) is 1. The second-order valence-electron chi connectivity index (χ2n) is 6.80. The molecule has 2 aromatic heterocycles. The van der Waals surface area contributed by atoms with Crippen molar-refractivity contribution in [1.82, 2.24) is 19.3 Å². The minimum atomic E-state index is -0.103. The standard InChI is InChI=1S/C22H22N4O2S/c1-16(14-28-2)26-21(27)19-6-3-4-7-20(19)24-22(26)29-15-17-8-10-18(11-9-17)25-13-5-12-23-25/h3-13,16H,14-15H2,1-2H3/t16-/m1/s1. The maximum absolute atomic E-state index is 13.1. The van der Waals surface area contributed by atoms with Gasteiger partial charge in [-0.1, -0.05) is 36.0 Å². The Kier molecular flexibility index (Phi) is 5.78. The first-order valence-electron chi connectivity index (χ1n) is 9.39. The molecule has 0 unspecified atom stereocenters. The molecule has 2 heterocycles. The van der Waals surface area contributed by atoms with E-state index in [2.05, 4.69) is 17.2 Å². The molecule has 0 aliphatic carbocycles. The minimum absolute atomic E-state index is 0.0309. The fourth-order valence-electron chi connectivity index (χ4n) is 3.25. The summed E-state index contributed by atoms with van der Waals surface area (Å²) in [5.74, 6) is 0.712. The van der Waals surface area contributed by atoms with Crippen LogP contribution in [-0.4, -0.2) is 33.0 Å². The van der Waals surface area contributed by atoms with E-state index in [1.807, 2.05) is 60.3 Å². The fourth-order valence-corrected chi connectivity index (χ4v) is 4.30. The van der Waals surface area contributed by atoms with Gasteiger partial charge in [0.25, 0.3) is 5.56 Å². The van der Waals surface area contributed by atoms with Crippen molar-refractivity contribution in [3.05, 3.63) is 82.9 Å². The highest BCUT2D eigenvalue weighted by Gasteiger charge is 2.16. The monoisotopic (exact) mass is 406 g/mol. The zero-order chi connectivity index (χ0) is 20.2. The molecule has 0 radical (unpaired) electrons. The van der Waals surface area contributed by atoms with Gasteiger partial charge in [-0.2, -0.15) is 5.10 Å². The number of thioether (sulfide) groups is 1. The number of fused-ring (bicyclic) bond motifs is 1. The van der Waals surface area contributed by atoms with Crippen LogP contribution in [0.15, 0.2) is 76.9 Å². The summed E-state index contributed by atoms with van der Waals surface area (Å²) in [6.07, 6.45) is 3.67. The van der Waals surface area contributed by atoms with Crippen LogP contribution >= 0.6 is 11.8 Å². The second-order valence-corrected chi connectivity index (χ2v) is 7.74. The third-order valence-corrected chi connectivity index (χ3v) is 5.72. The molecule has 4 rings (SSSR count). The summed E-state index contributed by atoms with van der Waals surface area (Å²) in [6, 6.07) is 17.5. The van der Waals surface area contributed by atoms with Crippen molar-refractivity contribution in [3.63, 3.8) is 0 Å². The minimum Gasteiger partial charge on any atom is -0.383 e. The van der Waals surface area contributed by atoms with Gasteiger partial charge < -0.3 is 4.74 Å². The van der Waals surface area contributed by atoms with Gasteiger partial charge in [-0.3, -0.25) is 9.36 Å². The van der Waals surface area contributed by atoms with Gasteiger partial charge in [-0.15, -0.1) is 0 Å². The Morgan fingerprint density at radius 1 is 1.10 bits per heavy atom. The Labute approximate surface area is 173 Å². The van der Waals surface area contributed by atoms with Gasteiger partial charge in [0.2, 0.25) is 0 Å². The molecule has 0 bridgehead atoms. The summed E-state index contributed by atoms with van der Waals surface area (Å²) in [5, 5.41) is 5.58. The van der Waals surface area contributed by atoms with E-state index in [-0.39, 0.29) is 11.6 Å². The van der Waals surface area contributed by atoms with Crippen LogP contribution in [0, 0.1) is 0 Å². The largest absolute Gasteiger partial charge is 0.383 e. The summed E-state index contributed by atoms with van der Waals surface area (Å²) in [4.78, 5) is 17.9. The Morgan fingerprint density at radius 2 is 1.90 bits per heavy atom. The third-order valence-electron chi connectivity index (χ3n) is 4.70. The molecule has 4 aromatic rings. The number of para-hydroxylation sites is 1. The van der Waals surface area contributed by atoms with E-state index >= 15 is 0 Å². The summed E-state index contributed by atoms with van der Waals surface area (Å²) < 4.78 is 8.86. The molecule has 148 valence electrons. The number of hydrogen-bond donors (Lipinski definition) is 0. The zero-order valence-corrected chi connectivity index (χ0v) is 17.2. The van der Waals surface area contributed by atoms with E-state index < -0.39 is 0 Å². The van der Waals surface area contributed by atoms with Gasteiger partial charge in [0, 0.05) is 25.3 Å². The van der Waals surface area contributed by atoms with Crippen molar-refractivity contribution in [1.29, 1.82) is 0 Å². The van der Waals surface area contributed by atoms with Crippen molar-refractivity contribution in [2.75, 3.05) is 13.7 Å². The van der Waals surface area contributed by atoms with Crippen molar-refractivity contribution >= 4 is 22.7 Å². The van der Waals surface area contributed by atoms with E-state index in [4.69, 9.17) is 9.72 Å². The molecular formula is C22H22N4O2S. The molecule has 0 spiro atoms. The molecule has 0 aliphatic heterocycles. The molecule has 0 saturated heterocycles. The van der Waals surface area contributed by atoms with Gasteiger partial charge in [0.1, 0.15) is 0 Å². The molecule has 0 aliphatic rings. The summed E-state index contributed by atoms with van der Waals surface area (Å²) in [7, 11) is 1.64. The lowest BCUT2D eigenvalue weighted by molar-refractivity contribution is 0.156. The Morgan fingerprint density at radius 3 is 2.62 bits per heavy atom. The van der Waals surface area contributed by atoms with Crippen molar-refractivity contribution in [2.45, 2.75) is 23.9 Å². The molecule has 29 heavy (non-hydrogen) atoms. The highest BCUT2D eigenvalue weighted by atomic mass is 32.2. The molecule has 7 heteroatoms. The maximum atomic E-state index is 13.1. The van der Waals surface area contributed by atoms with Gasteiger partial charge >= 0.3 is 0 Å². The van der Waals surface area contributed by atoms with Gasteiger partial charge in [-0.05, 0) is 42.8 Å². The van der Waals surface area contributed by atoms with Crippen molar-refractivity contribution in [3.8, 4) is 5.69 Å². The predicted octanol–water partition coefficient (Wildman–Crippen LogP) is 4.08. The number of hydrogen-bond acceptors (Lipinski definition) is 5. The van der Waals surface area contributed by atoms with E-state index in [0.717, 1.165) is 16.8 Å². The molecule has 2 aromatic carbocycles. The maximum Gasteiger partial charge on any atom is 0.262 e. The van der Waals surface area contributed by atoms with Crippen LogP contribution in [0.2, 0.25) is 0 Å². The molecule has 0 fully saturated rings. The van der Waals surface area contributed by atoms with E-state index in [1.165, 1.54) is 0 Å². The van der Waals surface area contributed by atoms with Gasteiger partial charge in [0.05, 0.1) is 29.2 Å². The number of benzene rings is 2. The lowest BCUT2D eigenvalue weighted by Gasteiger charge is -2.19. The summed E-state index contributed by atoms with van der Waals surface area (Å²) >= 11 is 1.56. The summed E-state index contributed by atoms with van der Waals surface area (Å²) in [5.41, 5.74) is 2.85. The highest BCUT2D eigenvalue weighted by molar-refractivity contribution is 7.98. The average Bonchev–Trinajstić information content (AvgIpc) is 3.28. The fraction of sp³-hybridized carbons (Fsp3) is 0.227. The van der Waals surface area contributed by atoms with E-state index in [0.29, 0.717) is 22.9 Å². The Hall–Kier alpha value is -2.90.